The molecule has 3 N–H and O–H groups in total. The molecule has 0 heterocycles. The Bertz CT molecular complexity index is 741. The van der Waals surface area contributed by atoms with Crippen molar-refractivity contribution in [3.05, 3.63) is 54.6 Å². The lowest BCUT2D eigenvalue weighted by atomic mass is 10.1. The Balaban J connectivity index is 2.98. The molecule has 0 aliphatic heterocycles. The van der Waals surface area contributed by atoms with Gasteiger partial charge in [-0.3, -0.25) is 4.79 Å². The minimum absolute atomic E-state index is 0.0585. The van der Waals surface area contributed by atoms with E-state index in [1.54, 1.807) is 19.1 Å². The summed E-state index contributed by atoms with van der Waals surface area (Å²) in [6.45, 7) is 5.22. The van der Waals surface area contributed by atoms with Crippen LogP contribution in [-0.2, 0) is 14.8 Å². The van der Waals surface area contributed by atoms with Crippen LogP contribution in [0.1, 0.15) is 23.7 Å². The Morgan fingerprint density at radius 1 is 1.38 bits per heavy atom. The van der Waals surface area contributed by atoms with E-state index in [2.05, 4.69) is 16.6 Å². The summed E-state index contributed by atoms with van der Waals surface area (Å²) in [5, 5.41) is 11.5. The lowest BCUT2D eigenvalue weighted by Gasteiger charge is -2.13. The van der Waals surface area contributed by atoms with Crippen LogP contribution in [0.3, 0.4) is 0 Å². The molecule has 0 aliphatic carbocycles. The molecule has 1 rings (SSSR count). The van der Waals surface area contributed by atoms with Crippen LogP contribution >= 0.6 is 0 Å². The van der Waals surface area contributed by atoms with Crippen molar-refractivity contribution in [1.29, 1.82) is 0 Å². The van der Waals surface area contributed by atoms with E-state index >= 15 is 0 Å². The maximum Gasteiger partial charge on any atom is 0.326 e. The van der Waals surface area contributed by atoms with Crippen molar-refractivity contribution < 1.29 is 23.1 Å². The molecular weight excluding hydrogens is 332 g/mol. The van der Waals surface area contributed by atoms with E-state index in [1.807, 2.05) is 0 Å². The number of amides is 1. The van der Waals surface area contributed by atoms with E-state index in [9.17, 15) is 18.0 Å². The van der Waals surface area contributed by atoms with Crippen molar-refractivity contribution in [2.45, 2.75) is 24.3 Å². The fourth-order valence-electron chi connectivity index (χ4n) is 1.79. The number of nitrogens with one attached hydrogen (secondary N) is 2. The molecule has 1 amide bonds. The summed E-state index contributed by atoms with van der Waals surface area (Å²) < 4.78 is 26.4. The van der Waals surface area contributed by atoms with Gasteiger partial charge in [-0.25, -0.2) is 17.9 Å². The lowest BCUT2D eigenvalue weighted by Crippen LogP contribution is -2.40. The highest BCUT2D eigenvalue weighted by Gasteiger charge is 2.21. The smallest absolute Gasteiger partial charge is 0.326 e. The second-order valence-corrected chi connectivity index (χ2v) is 6.60. The van der Waals surface area contributed by atoms with E-state index in [4.69, 9.17) is 5.11 Å². The van der Waals surface area contributed by atoms with Gasteiger partial charge in [-0.2, -0.15) is 0 Å². The number of aliphatic carboxylic acids is 1. The highest BCUT2D eigenvalue weighted by molar-refractivity contribution is 7.89. The second-order valence-electron chi connectivity index (χ2n) is 4.84. The predicted molar refractivity (Wildman–Crippen MR) is 90.1 cm³/mol. The fraction of sp³-hybridized carbons (Fsp3) is 0.250. The van der Waals surface area contributed by atoms with Gasteiger partial charge in [-0.1, -0.05) is 24.3 Å². The van der Waals surface area contributed by atoms with Crippen molar-refractivity contribution in [3.63, 3.8) is 0 Å². The summed E-state index contributed by atoms with van der Waals surface area (Å²) in [5.41, 5.74) is 0.0585. The zero-order chi connectivity index (χ0) is 18.2. The Labute approximate surface area is 141 Å². The van der Waals surface area contributed by atoms with E-state index in [-0.39, 0.29) is 23.4 Å². The monoisotopic (exact) mass is 352 g/mol. The first-order valence-electron chi connectivity index (χ1n) is 7.17. The number of hydrogen-bond acceptors (Lipinski definition) is 4. The van der Waals surface area contributed by atoms with Gasteiger partial charge in [0.15, 0.2) is 0 Å². The third-order valence-electron chi connectivity index (χ3n) is 3.04. The maximum atomic E-state index is 12.2. The molecule has 24 heavy (non-hydrogen) atoms. The third kappa shape index (κ3) is 5.64. The highest BCUT2D eigenvalue weighted by Crippen LogP contribution is 2.12. The fourth-order valence-corrected chi connectivity index (χ4v) is 2.84. The van der Waals surface area contributed by atoms with Crippen molar-refractivity contribution in [1.82, 2.24) is 10.0 Å². The zero-order valence-electron chi connectivity index (χ0n) is 13.2. The molecule has 0 bridgehead atoms. The predicted octanol–water partition coefficient (Wildman–Crippen LogP) is 1.30. The van der Waals surface area contributed by atoms with Gasteiger partial charge in [-0.15, -0.1) is 6.58 Å². The van der Waals surface area contributed by atoms with Crippen LogP contribution in [0.15, 0.2) is 54.0 Å². The van der Waals surface area contributed by atoms with Gasteiger partial charge in [-0.05, 0) is 31.5 Å². The molecular formula is C16H20N2O5S. The molecule has 0 aliphatic rings. The molecule has 130 valence electrons. The second kappa shape index (κ2) is 8.99. The van der Waals surface area contributed by atoms with Crippen LogP contribution in [0.2, 0.25) is 0 Å². The van der Waals surface area contributed by atoms with Gasteiger partial charge in [0.05, 0.1) is 4.90 Å². The van der Waals surface area contributed by atoms with Gasteiger partial charge in [0.1, 0.15) is 6.04 Å². The Kier molecular flexibility index (Phi) is 7.34. The number of carboxylic acids is 1. The van der Waals surface area contributed by atoms with Gasteiger partial charge >= 0.3 is 5.97 Å². The molecule has 1 aromatic rings. The van der Waals surface area contributed by atoms with Gasteiger partial charge < -0.3 is 10.4 Å². The molecule has 0 saturated heterocycles. The van der Waals surface area contributed by atoms with Gasteiger partial charge in [0, 0.05) is 12.1 Å². The number of carbonyl (C=O) groups excluding carboxylic acids is 1. The number of allylic oxidation sites excluding steroid dienone is 1. The normalized spacial score (nSPS) is 12.7. The third-order valence-corrected chi connectivity index (χ3v) is 4.46. The van der Waals surface area contributed by atoms with Crippen LogP contribution in [0.5, 0.6) is 0 Å². The van der Waals surface area contributed by atoms with Crippen molar-refractivity contribution in [2.24, 2.45) is 0 Å². The molecule has 1 atom stereocenters. The Morgan fingerprint density at radius 2 is 2.08 bits per heavy atom. The van der Waals surface area contributed by atoms with Crippen LogP contribution in [-0.4, -0.2) is 38.0 Å². The highest BCUT2D eigenvalue weighted by atomic mass is 32.2. The standard InChI is InChI=1S/C16H20N2O5S/c1-3-5-9-14(16(20)21)18-15(19)12-7-6-8-13(11-12)24(22,23)17-10-4-2/h3-8,11,14,17H,2,9-10H2,1H3,(H,18,19)(H,20,21)/b5-3+. The van der Waals surface area contributed by atoms with E-state index in [1.165, 1.54) is 30.3 Å². The molecule has 7 nitrogen and oxygen atoms in total. The number of carbonyl (C=O) groups is 2. The topological polar surface area (TPSA) is 113 Å². The molecule has 8 heteroatoms. The molecule has 0 spiro atoms. The number of carboxylic acid groups (broad SMARTS) is 1. The van der Waals surface area contributed by atoms with Crippen molar-refractivity contribution >= 4 is 21.9 Å². The molecule has 0 aromatic heterocycles. The van der Waals surface area contributed by atoms with Crippen molar-refractivity contribution in [2.75, 3.05) is 6.54 Å². The van der Waals surface area contributed by atoms with E-state index < -0.39 is 27.9 Å². The van der Waals surface area contributed by atoms with Crippen molar-refractivity contribution in [3.8, 4) is 0 Å². The number of sulfonamides is 1. The Morgan fingerprint density at radius 3 is 2.67 bits per heavy atom. The quantitative estimate of drug-likeness (QED) is 0.580. The largest absolute Gasteiger partial charge is 0.480 e. The molecule has 1 unspecified atom stereocenters. The number of rotatable bonds is 9. The average Bonchev–Trinajstić information content (AvgIpc) is 2.56. The first-order valence-corrected chi connectivity index (χ1v) is 8.65. The number of benzene rings is 1. The van der Waals surface area contributed by atoms with Crippen LogP contribution in [0, 0.1) is 0 Å². The molecule has 0 saturated carbocycles. The minimum Gasteiger partial charge on any atom is -0.480 e. The molecule has 0 radical (unpaired) electrons. The summed E-state index contributed by atoms with van der Waals surface area (Å²) in [5.74, 6) is -1.83. The number of hydrogen-bond donors (Lipinski definition) is 3. The summed E-state index contributed by atoms with van der Waals surface area (Å²) >= 11 is 0. The SMILES string of the molecule is C=CCNS(=O)(=O)c1cccc(C(=O)NC(C/C=C/C)C(=O)O)c1. The first-order chi connectivity index (χ1) is 11.3. The summed E-state index contributed by atoms with van der Waals surface area (Å²) in [6, 6.07) is 4.27. The van der Waals surface area contributed by atoms with Gasteiger partial charge in [0.25, 0.3) is 5.91 Å². The molecule has 0 fully saturated rings. The summed E-state index contributed by atoms with van der Waals surface area (Å²) in [4.78, 5) is 23.3. The minimum atomic E-state index is -3.77. The lowest BCUT2D eigenvalue weighted by molar-refractivity contribution is -0.139. The van der Waals surface area contributed by atoms with E-state index in [0.29, 0.717) is 0 Å². The summed E-state index contributed by atoms with van der Waals surface area (Å²) in [7, 11) is -3.77. The van der Waals surface area contributed by atoms with Crippen LogP contribution in [0.4, 0.5) is 0 Å². The summed E-state index contributed by atoms with van der Waals surface area (Å²) in [6.07, 6.45) is 4.84. The maximum absolute atomic E-state index is 12.2. The molecule has 1 aromatic carbocycles. The average molecular weight is 352 g/mol. The van der Waals surface area contributed by atoms with Gasteiger partial charge in [0.2, 0.25) is 10.0 Å². The van der Waals surface area contributed by atoms with E-state index in [0.717, 1.165) is 0 Å². The van der Waals surface area contributed by atoms with Crippen LogP contribution in [0.25, 0.3) is 0 Å². The first kappa shape index (κ1) is 19.6. The Hall–Kier alpha value is -2.45. The van der Waals surface area contributed by atoms with Crippen LogP contribution < -0.4 is 10.0 Å². The zero-order valence-corrected chi connectivity index (χ0v) is 14.0.